The van der Waals surface area contributed by atoms with Crippen molar-refractivity contribution < 1.29 is 20.1 Å². The van der Waals surface area contributed by atoms with E-state index in [2.05, 4.69) is 44.8 Å². The molecule has 1 aliphatic rings. The van der Waals surface area contributed by atoms with Crippen LogP contribution in [0.4, 0.5) is 5.82 Å². The smallest absolute Gasteiger partial charge is 0.226 e. The summed E-state index contributed by atoms with van der Waals surface area (Å²) in [4.78, 5) is 22.2. The van der Waals surface area contributed by atoms with Crippen molar-refractivity contribution in [2.45, 2.75) is 69.5 Å². The van der Waals surface area contributed by atoms with Crippen molar-refractivity contribution in [3.05, 3.63) is 29.8 Å². The average molecular weight is 516 g/mol. The predicted molar refractivity (Wildman–Crippen MR) is 137 cm³/mol. The molecule has 0 saturated heterocycles. The normalized spacial score (nSPS) is 21.7. The predicted octanol–water partition coefficient (Wildman–Crippen LogP) is 2.24. The highest BCUT2D eigenvalue weighted by molar-refractivity contribution is 7.99. The van der Waals surface area contributed by atoms with Gasteiger partial charge < -0.3 is 26.0 Å². The molecular weight excluding hydrogens is 482 g/mol. The summed E-state index contributed by atoms with van der Waals surface area (Å²) in [5.41, 5.74) is 1.68. The molecule has 2 aromatic heterocycles. The fourth-order valence-electron chi connectivity index (χ4n) is 4.30. The van der Waals surface area contributed by atoms with E-state index in [4.69, 9.17) is 0 Å². The Hall–Kier alpha value is -2.96. The number of amides is 1. The van der Waals surface area contributed by atoms with Crippen molar-refractivity contribution in [1.29, 1.82) is 0 Å². The van der Waals surface area contributed by atoms with Crippen molar-refractivity contribution in [2.24, 2.45) is 5.92 Å². The molecule has 3 aromatic rings. The van der Waals surface area contributed by atoms with Gasteiger partial charge in [0.25, 0.3) is 0 Å². The van der Waals surface area contributed by atoms with Crippen LogP contribution in [0.15, 0.2) is 29.4 Å². The highest BCUT2D eigenvalue weighted by Gasteiger charge is 2.47. The first-order valence-corrected chi connectivity index (χ1v) is 13.3. The van der Waals surface area contributed by atoms with Crippen molar-refractivity contribution in [3.8, 4) is 5.75 Å². The zero-order valence-corrected chi connectivity index (χ0v) is 21.3. The second kappa shape index (κ2) is 11.8. The summed E-state index contributed by atoms with van der Waals surface area (Å²) in [7, 11) is 0. The van der Waals surface area contributed by atoms with E-state index < -0.39 is 24.2 Å². The van der Waals surface area contributed by atoms with Crippen LogP contribution in [0.3, 0.4) is 0 Å². The van der Waals surface area contributed by atoms with Crippen LogP contribution < -0.4 is 10.6 Å². The SMILES string of the molecule is CCCCNc1nc(SCCC)nc2c1nnn2C1C[C@H](C(=O)NCc2cccc(O)c2)C(O)C1O. The molecule has 4 atom stereocenters. The highest BCUT2D eigenvalue weighted by atomic mass is 32.2. The number of aromatic nitrogens is 5. The minimum absolute atomic E-state index is 0.109. The zero-order valence-electron chi connectivity index (χ0n) is 20.5. The Morgan fingerprint density at radius 2 is 2.03 bits per heavy atom. The molecule has 4 rings (SSSR count). The number of aliphatic hydroxyl groups excluding tert-OH is 2. The van der Waals surface area contributed by atoms with Crippen molar-refractivity contribution in [1.82, 2.24) is 30.3 Å². The lowest BCUT2D eigenvalue weighted by atomic mass is 10.0. The van der Waals surface area contributed by atoms with Gasteiger partial charge in [0, 0.05) is 18.8 Å². The van der Waals surface area contributed by atoms with Crippen LogP contribution in [0.2, 0.25) is 0 Å². The van der Waals surface area contributed by atoms with Gasteiger partial charge in [-0.3, -0.25) is 4.79 Å². The fraction of sp³-hybridized carbons (Fsp3) is 0.542. The standard InChI is InChI=1S/C24H33N7O4S/c1-3-5-9-25-21-18-22(28-24(27-21)36-10-4-2)31(30-29-18)17-12-16(19(33)20(17)34)23(35)26-13-14-7-6-8-15(32)11-14/h6-8,11,16-17,19-20,32-34H,3-5,9-10,12-13H2,1-2H3,(H,26,35)(H,25,27,28)/t16-,17?,19?,20?/m0/s1. The Balaban J connectivity index is 1.55. The number of unbranched alkanes of at least 4 members (excludes halogenated alkanes) is 1. The van der Waals surface area contributed by atoms with Gasteiger partial charge in [-0.25, -0.2) is 14.6 Å². The Kier molecular flexibility index (Phi) is 8.60. The lowest BCUT2D eigenvalue weighted by Gasteiger charge is -2.17. The molecule has 3 unspecified atom stereocenters. The lowest BCUT2D eigenvalue weighted by Crippen LogP contribution is -2.38. The number of nitrogens with one attached hydrogen (secondary N) is 2. The van der Waals surface area contributed by atoms with Gasteiger partial charge in [-0.1, -0.05) is 49.4 Å². The summed E-state index contributed by atoms with van der Waals surface area (Å²) in [6.07, 6.45) is 0.666. The van der Waals surface area contributed by atoms with Gasteiger partial charge in [-0.05, 0) is 37.0 Å². The first-order chi connectivity index (χ1) is 17.4. The number of fused-ring (bicyclic) bond motifs is 1. The molecule has 1 amide bonds. The van der Waals surface area contributed by atoms with E-state index in [-0.39, 0.29) is 24.6 Å². The molecule has 194 valence electrons. The first kappa shape index (κ1) is 26.1. The van der Waals surface area contributed by atoms with E-state index >= 15 is 0 Å². The van der Waals surface area contributed by atoms with E-state index in [9.17, 15) is 20.1 Å². The minimum atomic E-state index is -1.27. The Labute approximate surface area is 213 Å². The molecule has 1 fully saturated rings. The average Bonchev–Trinajstić information content (AvgIpc) is 3.42. The summed E-state index contributed by atoms with van der Waals surface area (Å²) >= 11 is 1.53. The van der Waals surface area contributed by atoms with E-state index in [0.717, 1.165) is 37.1 Å². The molecule has 0 radical (unpaired) electrons. The first-order valence-electron chi connectivity index (χ1n) is 12.3. The molecule has 0 bridgehead atoms. The number of anilines is 1. The van der Waals surface area contributed by atoms with E-state index in [1.807, 2.05) is 0 Å². The van der Waals surface area contributed by atoms with Crippen LogP contribution >= 0.6 is 11.8 Å². The van der Waals surface area contributed by atoms with Gasteiger partial charge in [-0.15, -0.1) is 5.10 Å². The monoisotopic (exact) mass is 515 g/mol. The summed E-state index contributed by atoms with van der Waals surface area (Å²) < 4.78 is 1.51. The van der Waals surface area contributed by atoms with E-state index in [0.29, 0.717) is 22.1 Å². The van der Waals surface area contributed by atoms with Gasteiger partial charge in [-0.2, -0.15) is 0 Å². The molecule has 2 heterocycles. The van der Waals surface area contributed by atoms with Gasteiger partial charge >= 0.3 is 0 Å². The maximum Gasteiger partial charge on any atom is 0.226 e. The number of aliphatic hydroxyl groups is 2. The maximum atomic E-state index is 12.9. The lowest BCUT2D eigenvalue weighted by molar-refractivity contribution is -0.129. The molecule has 0 aliphatic heterocycles. The maximum absolute atomic E-state index is 12.9. The number of nitrogens with zero attached hydrogens (tertiary/aromatic N) is 5. The molecule has 1 aromatic carbocycles. The van der Waals surface area contributed by atoms with Crippen LogP contribution in [-0.4, -0.2) is 70.7 Å². The number of aromatic hydroxyl groups is 1. The third kappa shape index (κ3) is 5.71. The summed E-state index contributed by atoms with van der Waals surface area (Å²) in [5, 5.41) is 46.4. The second-order valence-electron chi connectivity index (χ2n) is 8.97. The number of carbonyl (C=O) groups is 1. The van der Waals surface area contributed by atoms with Gasteiger partial charge in [0.05, 0.1) is 18.1 Å². The number of phenols is 1. The third-order valence-corrected chi connectivity index (χ3v) is 7.29. The van der Waals surface area contributed by atoms with Crippen LogP contribution in [0.1, 0.15) is 51.1 Å². The number of benzene rings is 1. The minimum Gasteiger partial charge on any atom is -0.508 e. The number of rotatable bonds is 11. The highest BCUT2D eigenvalue weighted by Crippen LogP contribution is 2.37. The molecule has 1 aliphatic carbocycles. The van der Waals surface area contributed by atoms with Crippen LogP contribution in [0.5, 0.6) is 5.75 Å². The number of hydrogen-bond acceptors (Lipinski definition) is 10. The molecule has 11 nitrogen and oxygen atoms in total. The Morgan fingerprint density at radius 3 is 2.78 bits per heavy atom. The van der Waals surface area contributed by atoms with Gasteiger partial charge in [0.15, 0.2) is 22.1 Å². The number of carbonyl (C=O) groups excluding carboxylic acids is 1. The molecular formula is C24H33N7O4S. The quantitative estimate of drug-likeness (QED) is 0.146. The summed E-state index contributed by atoms with van der Waals surface area (Å²) in [5.74, 6) is 0.338. The largest absolute Gasteiger partial charge is 0.508 e. The Morgan fingerprint density at radius 1 is 1.19 bits per heavy atom. The molecule has 5 N–H and O–H groups in total. The molecule has 12 heteroatoms. The third-order valence-electron chi connectivity index (χ3n) is 6.24. The number of phenolic OH excluding ortho intramolecular Hbond substituents is 1. The van der Waals surface area contributed by atoms with Crippen molar-refractivity contribution in [2.75, 3.05) is 17.6 Å². The van der Waals surface area contributed by atoms with E-state index in [1.165, 1.54) is 16.4 Å². The fourth-order valence-corrected chi connectivity index (χ4v) is 4.99. The molecule has 0 spiro atoms. The van der Waals surface area contributed by atoms with Crippen LogP contribution in [-0.2, 0) is 11.3 Å². The zero-order chi connectivity index (χ0) is 25.7. The van der Waals surface area contributed by atoms with Crippen molar-refractivity contribution in [3.63, 3.8) is 0 Å². The topological polar surface area (TPSA) is 158 Å². The van der Waals surface area contributed by atoms with Gasteiger partial charge in [0.2, 0.25) is 5.91 Å². The van der Waals surface area contributed by atoms with E-state index in [1.54, 1.807) is 24.3 Å². The number of thioether (sulfide) groups is 1. The van der Waals surface area contributed by atoms with Crippen LogP contribution in [0.25, 0.3) is 11.2 Å². The second-order valence-corrected chi connectivity index (χ2v) is 10.0. The summed E-state index contributed by atoms with van der Waals surface area (Å²) in [6, 6.07) is 5.91. The molecule has 1 saturated carbocycles. The molecule has 36 heavy (non-hydrogen) atoms. The van der Waals surface area contributed by atoms with Gasteiger partial charge in [0.1, 0.15) is 11.9 Å². The Bertz CT molecular complexity index is 1190. The van der Waals surface area contributed by atoms with Crippen molar-refractivity contribution >= 4 is 34.7 Å². The van der Waals surface area contributed by atoms with Crippen LogP contribution in [0, 0.1) is 5.92 Å². The number of hydrogen-bond donors (Lipinski definition) is 5. The summed E-state index contributed by atoms with van der Waals surface area (Å²) in [6.45, 7) is 5.12.